The van der Waals surface area contributed by atoms with Crippen molar-refractivity contribution in [2.75, 3.05) is 13.2 Å². The number of aryl methyl sites for hydroxylation is 2. The molecule has 1 aliphatic heterocycles. The third kappa shape index (κ3) is 8.20. The van der Waals surface area contributed by atoms with E-state index in [2.05, 4.69) is 29.4 Å². The third-order valence-electron chi connectivity index (χ3n) is 10.2. The number of H-pyrrole nitrogens is 1. The van der Waals surface area contributed by atoms with E-state index in [0.29, 0.717) is 43.6 Å². The smallest absolute Gasteiger partial charge is 0.168 e. The van der Waals surface area contributed by atoms with Crippen molar-refractivity contribution >= 4 is 11.6 Å². The van der Waals surface area contributed by atoms with Crippen molar-refractivity contribution in [1.29, 1.82) is 0 Å². The Hall–Kier alpha value is -4.66. The molecule has 8 nitrogen and oxygen atoms in total. The molecule has 0 amide bonds. The maximum Gasteiger partial charge on any atom is 0.168 e. The number of rotatable bonds is 15. The van der Waals surface area contributed by atoms with E-state index < -0.39 is 0 Å². The molecule has 50 heavy (non-hydrogen) atoms. The largest absolute Gasteiger partial charge is 0.508 e. The number of aromatic hydroxyl groups is 2. The Balaban J connectivity index is 1.18. The number of aromatic amines is 1. The average molecular weight is 676 g/mol. The zero-order chi connectivity index (χ0) is 35.0. The number of Topliss-reactive ketones (excluding diaryl/α,β-unsaturated/α-hetero) is 1. The Morgan fingerprint density at radius 3 is 2.50 bits per heavy atom. The van der Waals surface area contributed by atoms with Crippen LogP contribution < -0.4 is 15.8 Å². The maximum atomic E-state index is 13.9. The van der Waals surface area contributed by atoms with Crippen LogP contribution in [-0.4, -0.2) is 39.9 Å². The molecule has 0 radical (unpaired) electrons. The molecule has 3 atom stereocenters. The zero-order valence-corrected chi connectivity index (χ0v) is 28.9. The Kier molecular flexibility index (Phi) is 11.5. The maximum absolute atomic E-state index is 13.9. The number of phenolic OH excluding ortho intramolecular Hbond substituents is 2. The van der Waals surface area contributed by atoms with Crippen molar-refractivity contribution < 1.29 is 24.5 Å². The summed E-state index contributed by atoms with van der Waals surface area (Å²) in [6, 6.07) is 17.0. The molecule has 8 heteroatoms. The number of ether oxygens (including phenoxy) is 1. The molecule has 0 spiro atoms. The fraction of sp³-hybridized carbons (Fsp3) is 0.381. The van der Waals surface area contributed by atoms with Crippen LogP contribution in [0, 0.1) is 5.92 Å². The van der Waals surface area contributed by atoms with Crippen molar-refractivity contribution in [2.24, 2.45) is 11.7 Å². The predicted molar refractivity (Wildman–Crippen MR) is 196 cm³/mol. The number of hydrogen-bond acceptors (Lipinski definition) is 7. The van der Waals surface area contributed by atoms with E-state index >= 15 is 0 Å². The minimum atomic E-state index is -0.341. The lowest BCUT2D eigenvalue weighted by atomic mass is 9.68. The van der Waals surface area contributed by atoms with Crippen LogP contribution in [0.25, 0.3) is 0 Å². The standard InChI is InChI=1S/C42H49N3O5/c1-2-3-4-5-6-7-32(46)12-8-27-10-15-38(48)39(23-27)50-21-18-28-9-14-37(47)36(22-28)40-33(41(49)31-16-19-44-26-31)13-11-29-25-35-30(24-34(29)40)17-20-45-42(35)43/h6-7,9-10,14-16,19,22-26,33,40,42,44-45,47-48H,2-5,8,11-13,17-18,20-21,43H2,1H3/b7-6+/t33-,40-,42-/m1/s1. The summed E-state index contributed by atoms with van der Waals surface area (Å²) in [5.74, 6) is 0.0706. The van der Waals surface area contributed by atoms with Crippen LogP contribution in [0.15, 0.2) is 79.1 Å². The van der Waals surface area contributed by atoms with E-state index in [0.717, 1.165) is 66.5 Å². The first-order chi connectivity index (χ1) is 24.3. The molecule has 6 N–H and O–H groups in total. The van der Waals surface area contributed by atoms with Gasteiger partial charge in [0, 0.05) is 54.7 Å². The van der Waals surface area contributed by atoms with Gasteiger partial charge in [0.2, 0.25) is 0 Å². The second-order valence-corrected chi connectivity index (χ2v) is 13.7. The Labute approximate surface area is 294 Å². The molecule has 4 aromatic rings. The minimum absolute atomic E-state index is 0.0467. The average Bonchev–Trinajstić information content (AvgIpc) is 3.67. The predicted octanol–water partition coefficient (Wildman–Crippen LogP) is 7.37. The minimum Gasteiger partial charge on any atom is -0.508 e. The van der Waals surface area contributed by atoms with E-state index in [1.54, 1.807) is 36.7 Å². The van der Waals surface area contributed by atoms with Crippen molar-refractivity contribution in [3.05, 3.63) is 124 Å². The Morgan fingerprint density at radius 1 is 0.920 bits per heavy atom. The first-order valence-electron chi connectivity index (χ1n) is 18.1. The molecule has 0 bridgehead atoms. The first-order valence-corrected chi connectivity index (χ1v) is 18.1. The summed E-state index contributed by atoms with van der Waals surface area (Å²) in [6.45, 7) is 3.25. The van der Waals surface area contributed by atoms with Gasteiger partial charge in [-0.05, 0) is 102 Å². The van der Waals surface area contributed by atoms with Gasteiger partial charge in [0.25, 0.3) is 0 Å². The van der Waals surface area contributed by atoms with Crippen molar-refractivity contribution in [1.82, 2.24) is 10.3 Å². The summed E-state index contributed by atoms with van der Waals surface area (Å²) in [7, 11) is 0. The summed E-state index contributed by atoms with van der Waals surface area (Å²) in [6.07, 6.45) is 15.0. The molecule has 3 aromatic carbocycles. The number of phenols is 2. The lowest BCUT2D eigenvalue weighted by molar-refractivity contribution is -0.114. The van der Waals surface area contributed by atoms with Crippen molar-refractivity contribution in [2.45, 2.75) is 83.2 Å². The molecule has 2 aliphatic rings. The van der Waals surface area contributed by atoms with Crippen LogP contribution in [-0.2, 0) is 30.5 Å². The first kappa shape index (κ1) is 35.2. The number of carbonyl (C=O) groups is 2. The second-order valence-electron chi connectivity index (χ2n) is 13.7. The number of fused-ring (bicyclic) bond motifs is 2. The molecule has 0 fully saturated rings. The SMILES string of the molecule is CCCCC/C=C/C(=O)CCc1ccc(O)c(OCCc2ccc(O)c([C@H]3c4cc5c(cc4CC[C@H]3C(=O)c3cc[nH]c3)[C@H](N)NCC5)c2)c1. The van der Waals surface area contributed by atoms with Crippen LogP contribution in [0.5, 0.6) is 17.2 Å². The Morgan fingerprint density at radius 2 is 1.70 bits per heavy atom. The quantitative estimate of drug-likeness (QED) is 0.0504. The van der Waals surface area contributed by atoms with Crippen LogP contribution >= 0.6 is 0 Å². The molecule has 0 saturated carbocycles. The molecule has 1 aromatic heterocycles. The monoisotopic (exact) mass is 675 g/mol. The van der Waals surface area contributed by atoms with E-state index in [1.807, 2.05) is 30.3 Å². The van der Waals surface area contributed by atoms with Crippen LogP contribution in [0.3, 0.4) is 0 Å². The highest BCUT2D eigenvalue weighted by Crippen LogP contribution is 2.46. The van der Waals surface area contributed by atoms with E-state index in [9.17, 15) is 19.8 Å². The van der Waals surface area contributed by atoms with Gasteiger partial charge in [0.05, 0.1) is 12.8 Å². The molecular weight excluding hydrogens is 626 g/mol. The van der Waals surface area contributed by atoms with E-state index in [4.69, 9.17) is 10.5 Å². The number of allylic oxidation sites excluding steroid dienone is 2. The number of nitrogens with one attached hydrogen (secondary N) is 2. The number of benzene rings is 3. The number of aromatic nitrogens is 1. The van der Waals surface area contributed by atoms with Gasteiger partial charge in [0.1, 0.15) is 5.75 Å². The topological polar surface area (TPSA) is 138 Å². The van der Waals surface area contributed by atoms with Crippen molar-refractivity contribution in [3.63, 3.8) is 0 Å². The summed E-state index contributed by atoms with van der Waals surface area (Å²) in [4.78, 5) is 29.3. The van der Waals surface area contributed by atoms with Crippen molar-refractivity contribution in [3.8, 4) is 17.2 Å². The fourth-order valence-electron chi connectivity index (χ4n) is 7.46. The summed E-state index contributed by atoms with van der Waals surface area (Å²) < 4.78 is 6.06. The number of carbonyl (C=O) groups excluding carboxylic acids is 2. The van der Waals surface area contributed by atoms with E-state index in [-0.39, 0.29) is 41.1 Å². The number of nitrogens with two attached hydrogens (primary N) is 1. The van der Waals surface area contributed by atoms with Gasteiger partial charge in [-0.1, -0.05) is 56.2 Å². The van der Waals surface area contributed by atoms with Gasteiger partial charge >= 0.3 is 0 Å². The highest BCUT2D eigenvalue weighted by Gasteiger charge is 2.38. The fourth-order valence-corrected chi connectivity index (χ4v) is 7.46. The summed E-state index contributed by atoms with van der Waals surface area (Å²) in [5, 5.41) is 25.2. The molecule has 262 valence electrons. The highest BCUT2D eigenvalue weighted by atomic mass is 16.5. The molecule has 2 heterocycles. The zero-order valence-electron chi connectivity index (χ0n) is 28.9. The number of ketones is 2. The lowest BCUT2D eigenvalue weighted by Crippen LogP contribution is -2.36. The molecular formula is C42H49N3O5. The molecule has 1 aliphatic carbocycles. The molecule has 0 saturated heterocycles. The van der Waals surface area contributed by atoms with Gasteiger partial charge in [0.15, 0.2) is 23.1 Å². The van der Waals surface area contributed by atoms with Gasteiger partial charge in [-0.25, -0.2) is 0 Å². The van der Waals surface area contributed by atoms with Gasteiger partial charge in [-0.3, -0.25) is 14.9 Å². The molecule has 0 unspecified atom stereocenters. The Bertz CT molecular complexity index is 1830. The van der Waals surface area contributed by atoms with Crippen LogP contribution in [0.2, 0.25) is 0 Å². The van der Waals surface area contributed by atoms with Crippen LogP contribution in [0.1, 0.15) is 107 Å². The van der Waals surface area contributed by atoms with Gasteiger partial charge in [-0.2, -0.15) is 0 Å². The molecule has 6 rings (SSSR count). The van der Waals surface area contributed by atoms with Gasteiger partial charge < -0.3 is 25.7 Å². The van der Waals surface area contributed by atoms with Crippen LogP contribution in [0.4, 0.5) is 0 Å². The highest BCUT2D eigenvalue weighted by molar-refractivity contribution is 5.99. The second kappa shape index (κ2) is 16.4. The third-order valence-corrected chi connectivity index (χ3v) is 10.2. The van der Waals surface area contributed by atoms with Gasteiger partial charge in [-0.15, -0.1) is 0 Å². The summed E-state index contributed by atoms with van der Waals surface area (Å²) in [5.41, 5.74) is 14.2. The number of unbranched alkanes of at least 4 members (excludes halogenated alkanes) is 3. The normalized spacial score (nSPS) is 18.5. The van der Waals surface area contributed by atoms with E-state index in [1.165, 1.54) is 17.5 Å². The summed E-state index contributed by atoms with van der Waals surface area (Å²) >= 11 is 0. The lowest BCUT2D eigenvalue weighted by Gasteiger charge is -2.36. The number of hydrogen-bond donors (Lipinski definition) is 5.